The Bertz CT molecular complexity index is 1500. The number of fused-ring (bicyclic) bond motifs is 1. The summed E-state index contributed by atoms with van der Waals surface area (Å²) in [5.41, 5.74) is 2.92. The Labute approximate surface area is 225 Å². The second-order valence-electron chi connectivity index (χ2n) is 10.7. The third-order valence-corrected chi connectivity index (χ3v) is 8.29. The van der Waals surface area contributed by atoms with Gasteiger partial charge in [-0.05, 0) is 50.7 Å². The number of aromatic nitrogens is 6. The molecule has 4 heterocycles. The summed E-state index contributed by atoms with van der Waals surface area (Å²) in [5, 5.41) is 4.44. The first kappa shape index (κ1) is 25.1. The molecule has 4 aromatic rings. The summed E-state index contributed by atoms with van der Waals surface area (Å²) >= 11 is 6.41. The van der Waals surface area contributed by atoms with Crippen molar-refractivity contribution in [2.45, 2.75) is 65.1 Å². The number of H-pyrrole nitrogens is 1. The van der Waals surface area contributed by atoms with Crippen LogP contribution in [-0.4, -0.2) is 55.0 Å². The summed E-state index contributed by atoms with van der Waals surface area (Å²) in [6.07, 6.45) is 4.90. The third-order valence-electron chi connectivity index (χ3n) is 8.05. The molecule has 0 radical (unpaired) electrons. The molecule has 1 saturated heterocycles. The summed E-state index contributed by atoms with van der Waals surface area (Å²) in [7, 11) is 0. The monoisotopic (exact) mass is 537 g/mol. The Kier molecular flexibility index (Phi) is 6.69. The molecule has 1 aliphatic heterocycles. The van der Waals surface area contributed by atoms with Crippen molar-refractivity contribution < 1.29 is 9.26 Å². The highest BCUT2D eigenvalue weighted by Gasteiger charge is 2.32. The minimum Gasteiger partial charge on any atom is -0.375 e. The second kappa shape index (κ2) is 10.1. The van der Waals surface area contributed by atoms with Crippen molar-refractivity contribution in [2.75, 3.05) is 18.1 Å². The van der Waals surface area contributed by atoms with Gasteiger partial charge in [-0.2, -0.15) is 4.98 Å². The van der Waals surface area contributed by atoms with Gasteiger partial charge in [0.15, 0.2) is 5.65 Å². The Morgan fingerprint density at radius 3 is 2.66 bits per heavy atom. The zero-order valence-corrected chi connectivity index (χ0v) is 22.6. The lowest BCUT2D eigenvalue weighted by atomic mass is 9.83. The van der Waals surface area contributed by atoms with Gasteiger partial charge in [0.2, 0.25) is 17.6 Å². The highest BCUT2D eigenvalue weighted by Crippen LogP contribution is 2.37. The summed E-state index contributed by atoms with van der Waals surface area (Å²) in [6, 6.07) is 7.74. The van der Waals surface area contributed by atoms with Crippen LogP contribution in [0.25, 0.3) is 34.1 Å². The highest BCUT2D eigenvalue weighted by atomic mass is 35.5. The normalized spacial score (nSPS) is 24.3. The highest BCUT2D eigenvalue weighted by molar-refractivity contribution is 6.30. The predicted molar refractivity (Wildman–Crippen MR) is 145 cm³/mol. The molecular formula is C27H32ClN7O3. The number of halogens is 1. The van der Waals surface area contributed by atoms with Crippen LogP contribution in [0, 0.1) is 11.8 Å². The molecule has 1 aromatic carbocycles. The molecule has 1 saturated carbocycles. The number of hydrogen-bond donors (Lipinski definition) is 1. The van der Waals surface area contributed by atoms with Crippen LogP contribution < -0.4 is 10.7 Å². The van der Waals surface area contributed by atoms with E-state index < -0.39 is 5.76 Å². The van der Waals surface area contributed by atoms with Crippen LogP contribution in [0.1, 0.15) is 46.5 Å². The van der Waals surface area contributed by atoms with E-state index in [-0.39, 0.29) is 23.8 Å². The molecule has 1 N–H and O–H groups in total. The van der Waals surface area contributed by atoms with Gasteiger partial charge < -0.3 is 14.2 Å². The molecule has 0 bridgehead atoms. The van der Waals surface area contributed by atoms with E-state index in [4.69, 9.17) is 35.8 Å². The van der Waals surface area contributed by atoms with Gasteiger partial charge in [-0.1, -0.05) is 48.7 Å². The van der Waals surface area contributed by atoms with Crippen molar-refractivity contribution in [3.63, 3.8) is 0 Å². The number of nitrogens with zero attached hydrogens (tertiary/aromatic N) is 6. The average molecular weight is 538 g/mol. The first-order chi connectivity index (χ1) is 18.4. The smallest absolute Gasteiger partial charge is 0.375 e. The van der Waals surface area contributed by atoms with E-state index in [0.717, 1.165) is 36.0 Å². The fraction of sp³-hybridized carbons (Fsp3) is 0.519. The number of aromatic amines is 1. The van der Waals surface area contributed by atoms with Gasteiger partial charge in [0.25, 0.3) is 0 Å². The topological polar surface area (TPSA) is 115 Å². The third kappa shape index (κ3) is 4.71. The lowest BCUT2D eigenvalue weighted by molar-refractivity contribution is 0.0274. The first-order valence-corrected chi connectivity index (χ1v) is 13.7. The Morgan fingerprint density at radius 2 is 1.92 bits per heavy atom. The molecule has 2 atom stereocenters. The molecule has 6 rings (SSSR count). The molecule has 200 valence electrons. The molecule has 38 heavy (non-hydrogen) atoms. The summed E-state index contributed by atoms with van der Waals surface area (Å²) in [5.74, 6) is 1.90. The van der Waals surface area contributed by atoms with E-state index in [1.165, 1.54) is 25.7 Å². The number of ether oxygens (including phenoxy) is 1. The van der Waals surface area contributed by atoms with E-state index in [9.17, 15) is 4.79 Å². The van der Waals surface area contributed by atoms with Gasteiger partial charge in [-0.25, -0.2) is 14.8 Å². The van der Waals surface area contributed by atoms with Crippen molar-refractivity contribution in [3.8, 4) is 22.9 Å². The molecule has 0 unspecified atom stereocenters. The van der Waals surface area contributed by atoms with Crippen molar-refractivity contribution in [3.05, 3.63) is 39.8 Å². The van der Waals surface area contributed by atoms with Crippen LogP contribution in [0.2, 0.25) is 5.02 Å². The average Bonchev–Trinajstić information content (AvgIpc) is 3.50. The lowest BCUT2D eigenvalue weighted by Crippen LogP contribution is -2.49. The standard InChI is InChI=1S/C27H32ClN7O3/c1-15-7-9-18(10-8-15)14-35-22-21(19-5-4-6-20(28)13-19)29-24(25-32-27(36)38-33-25)30-23(22)31-26(35)34-11-12-37-17(3)16(34)2/h4-6,13,15-18H,7-12,14H2,1-3H3,(H,32,33,36)/t15?,16-,17+,18?/m0/s1. The number of nitrogens with one attached hydrogen (secondary N) is 1. The van der Waals surface area contributed by atoms with Gasteiger partial charge in [-0.15, -0.1) is 0 Å². The molecule has 10 nitrogen and oxygen atoms in total. The zero-order chi connectivity index (χ0) is 26.4. The zero-order valence-electron chi connectivity index (χ0n) is 21.9. The van der Waals surface area contributed by atoms with Gasteiger partial charge in [-0.3, -0.25) is 9.51 Å². The Morgan fingerprint density at radius 1 is 1.11 bits per heavy atom. The molecule has 0 spiro atoms. The molecular weight excluding hydrogens is 506 g/mol. The maximum Gasteiger partial charge on any atom is 0.439 e. The molecule has 0 amide bonds. The van der Waals surface area contributed by atoms with Crippen LogP contribution in [-0.2, 0) is 11.3 Å². The molecule has 3 aromatic heterocycles. The van der Waals surface area contributed by atoms with Gasteiger partial charge in [0, 0.05) is 23.7 Å². The van der Waals surface area contributed by atoms with Crippen molar-refractivity contribution in [1.82, 2.24) is 29.7 Å². The number of morpholine rings is 1. The number of benzene rings is 1. The van der Waals surface area contributed by atoms with E-state index in [0.29, 0.717) is 28.9 Å². The Hall–Kier alpha value is -3.24. The number of imidazole rings is 1. The first-order valence-electron chi connectivity index (χ1n) is 13.4. The molecule has 1 aliphatic carbocycles. The van der Waals surface area contributed by atoms with Gasteiger partial charge in [0.1, 0.15) is 11.2 Å². The van der Waals surface area contributed by atoms with Crippen LogP contribution in [0.4, 0.5) is 5.95 Å². The van der Waals surface area contributed by atoms with E-state index in [1.54, 1.807) is 0 Å². The van der Waals surface area contributed by atoms with Crippen LogP contribution in [0.15, 0.2) is 33.6 Å². The number of hydrogen-bond acceptors (Lipinski definition) is 8. The van der Waals surface area contributed by atoms with E-state index in [1.807, 2.05) is 24.3 Å². The summed E-state index contributed by atoms with van der Waals surface area (Å²) < 4.78 is 13.0. The second-order valence-corrected chi connectivity index (χ2v) is 11.1. The van der Waals surface area contributed by atoms with Crippen molar-refractivity contribution in [2.24, 2.45) is 11.8 Å². The van der Waals surface area contributed by atoms with E-state index in [2.05, 4.69) is 40.4 Å². The van der Waals surface area contributed by atoms with Crippen molar-refractivity contribution >= 4 is 28.7 Å². The van der Waals surface area contributed by atoms with Crippen LogP contribution >= 0.6 is 11.6 Å². The summed E-state index contributed by atoms with van der Waals surface area (Å²) in [6.45, 7) is 8.81. The number of anilines is 1. The molecule has 2 aliphatic rings. The summed E-state index contributed by atoms with van der Waals surface area (Å²) in [4.78, 5) is 31.4. The quantitative estimate of drug-likeness (QED) is 0.381. The van der Waals surface area contributed by atoms with Crippen LogP contribution in [0.5, 0.6) is 0 Å². The van der Waals surface area contributed by atoms with Gasteiger partial charge in [0.05, 0.1) is 18.8 Å². The Balaban J connectivity index is 1.58. The van der Waals surface area contributed by atoms with E-state index >= 15 is 0 Å². The molecule has 11 heteroatoms. The van der Waals surface area contributed by atoms with Gasteiger partial charge >= 0.3 is 5.76 Å². The maximum atomic E-state index is 11.7. The fourth-order valence-corrected chi connectivity index (χ4v) is 5.86. The number of rotatable bonds is 5. The predicted octanol–water partition coefficient (Wildman–Crippen LogP) is 4.93. The van der Waals surface area contributed by atoms with Crippen molar-refractivity contribution in [1.29, 1.82) is 0 Å². The fourth-order valence-electron chi connectivity index (χ4n) is 5.67. The minimum atomic E-state index is -0.665. The van der Waals surface area contributed by atoms with Crippen LogP contribution in [0.3, 0.4) is 0 Å². The molecule has 2 fully saturated rings. The SMILES string of the molecule is CC1CCC(Cn2c(N3CCO[C@H](C)[C@@H]3C)nc3nc(-c4noc(=O)[nH]4)nc(-c4cccc(Cl)c4)c32)CC1. The largest absolute Gasteiger partial charge is 0.439 e. The minimum absolute atomic E-state index is 0.0711. The lowest BCUT2D eigenvalue weighted by Gasteiger charge is -2.39. The maximum absolute atomic E-state index is 11.7.